The van der Waals surface area contributed by atoms with Gasteiger partial charge in [-0.15, -0.1) is 0 Å². The number of carboxylic acid groups (broad SMARTS) is 1. The molecule has 1 aromatic rings. The second-order valence-corrected chi connectivity index (χ2v) is 6.86. The number of ether oxygens (including phenoxy) is 2. The first kappa shape index (κ1) is 17.7. The van der Waals surface area contributed by atoms with Crippen molar-refractivity contribution in [3.05, 3.63) is 24.3 Å². The fourth-order valence-electron chi connectivity index (χ4n) is 3.44. The van der Waals surface area contributed by atoms with Gasteiger partial charge in [0.15, 0.2) is 6.10 Å². The number of hydrogen-bond acceptors (Lipinski definition) is 4. The maximum Gasteiger partial charge on any atom is 0.332 e. The summed E-state index contributed by atoms with van der Waals surface area (Å²) in [5.74, 6) is 0.121. The quantitative estimate of drug-likeness (QED) is 0.825. The minimum Gasteiger partial charge on any atom is -0.493 e. The van der Waals surface area contributed by atoms with Crippen LogP contribution in [0.5, 0.6) is 5.75 Å². The van der Waals surface area contributed by atoms with Crippen LogP contribution in [-0.2, 0) is 14.3 Å². The maximum absolute atomic E-state index is 12.1. The Morgan fingerprint density at radius 2 is 1.72 bits per heavy atom. The first-order chi connectivity index (χ1) is 12.1. The van der Waals surface area contributed by atoms with Gasteiger partial charge < -0.3 is 19.9 Å². The maximum atomic E-state index is 12.1. The molecule has 2 N–H and O–H groups in total. The zero-order valence-corrected chi connectivity index (χ0v) is 14.3. The van der Waals surface area contributed by atoms with E-state index in [1.807, 2.05) is 12.1 Å². The molecule has 6 nitrogen and oxygen atoms in total. The van der Waals surface area contributed by atoms with E-state index in [-0.39, 0.29) is 5.91 Å². The van der Waals surface area contributed by atoms with Crippen LogP contribution in [0, 0.1) is 5.92 Å². The molecule has 0 unspecified atom stereocenters. The van der Waals surface area contributed by atoms with Crippen molar-refractivity contribution in [3.63, 3.8) is 0 Å². The molecule has 1 amide bonds. The van der Waals surface area contributed by atoms with Crippen molar-refractivity contribution in [1.82, 2.24) is 0 Å². The third kappa shape index (κ3) is 4.95. The fourth-order valence-corrected chi connectivity index (χ4v) is 3.44. The molecule has 6 heteroatoms. The summed E-state index contributed by atoms with van der Waals surface area (Å²) in [6, 6.07) is 7.26. The van der Waals surface area contributed by atoms with E-state index in [0.29, 0.717) is 24.4 Å². The second-order valence-electron chi connectivity index (χ2n) is 6.86. The van der Waals surface area contributed by atoms with E-state index in [1.165, 1.54) is 32.1 Å². The van der Waals surface area contributed by atoms with Gasteiger partial charge in [0.05, 0.1) is 6.61 Å². The third-order valence-corrected chi connectivity index (χ3v) is 4.92. The van der Waals surface area contributed by atoms with E-state index in [2.05, 4.69) is 5.32 Å². The van der Waals surface area contributed by atoms with Crippen LogP contribution in [-0.4, -0.2) is 35.8 Å². The molecule has 1 aliphatic heterocycles. The highest BCUT2D eigenvalue weighted by atomic mass is 16.5. The third-order valence-electron chi connectivity index (χ3n) is 4.92. The molecule has 1 aliphatic carbocycles. The lowest BCUT2D eigenvalue weighted by Gasteiger charge is -2.21. The molecule has 2 fully saturated rings. The van der Waals surface area contributed by atoms with Crippen molar-refractivity contribution in [3.8, 4) is 5.75 Å². The number of benzene rings is 1. The van der Waals surface area contributed by atoms with Gasteiger partial charge in [0, 0.05) is 5.69 Å². The molecule has 0 spiro atoms. The highest BCUT2D eigenvalue weighted by Crippen LogP contribution is 2.25. The molecule has 3 rings (SSSR count). The Morgan fingerprint density at radius 3 is 2.36 bits per heavy atom. The predicted octanol–water partition coefficient (Wildman–Crippen LogP) is 3.22. The Hall–Kier alpha value is -2.08. The lowest BCUT2D eigenvalue weighted by atomic mass is 9.90. The number of amides is 1. The zero-order valence-electron chi connectivity index (χ0n) is 14.3. The second kappa shape index (κ2) is 8.34. The van der Waals surface area contributed by atoms with Crippen molar-refractivity contribution < 1.29 is 24.2 Å². The van der Waals surface area contributed by atoms with Crippen molar-refractivity contribution in [2.45, 2.75) is 57.2 Å². The van der Waals surface area contributed by atoms with Gasteiger partial charge >= 0.3 is 5.97 Å². The van der Waals surface area contributed by atoms with Crippen LogP contribution in [0.4, 0.5) is 5.69 Å². The van der Waals surface area contributed by atoms with Crippen molar-refractivity contribution in [2.75, 3.05) is 11.9 Å². The molecule has 1 aromatic carbocycles. The molecule has 0 radical (unpaired) electrons. The monoisotopic (exact) mass is 347 g/mol. The Balaban J connectivity index is 1.45. The first-order valence-electron chi connectivity index (χ1n) is 9.04. The number of carbonyl (C=O) groups is 2. The first-order valence-corrected chi connectivity index (χ1v) is 9.04. The summed E-state index contributed by atoms with van der Waals surface area (Å²) >= 11 is 0. The van der Waals surface area contributed by atoms with Crippen LogP contribution >= 0.6 is 0 Å². The number of rotatable bonds is 6. The molecular weight excluding hydrogens is 322 g/mol. The Kier molecular flexibility index (Phi) is 5.91. The number of hydrogen-bond donors (Lipinski definition) is 2. The van der Waals surface area contributed by atoms with E-state index in [4.69, 9.17) is 14.6 Å². The highest BCUT2D eigenvalue weighted by molar-refractivity contribution is 5.94. The summed E-state index contributed by atoms with van der Waals surface area (Å²) in [4.78, 5) is 23.0. The van der Waals surface area contributed by atoms with Crippen LogP contribution in [0.15, 0.2) is 24.3 Å². The lowest BCUT2D eigenvalue weighted by Crippen LogP contribution is -2.29. The molecule has 1 saturated heterocycles. The normalized spacial score (nSPS) is 24.0. The van der Waals surface area contributed by atoms with Crippen LogP contribution in [0.1, 0.15) is 44.9 Å². The van der Waals surface area contributed by atoms with Crippen LogP contribution in [0.25, 0.3) is 0 Å². The zero-order chi connectivity index (χ0) is 17.6. The standard InChI is InChI=1S/C19H25NO5/c21-18(16-10-11-17(25-16)19(22)23)20-14-6-8-15(9-7-14)24-12-13-4-2-1-3-5-13/h6-9,13,16-17H,1-5,10-12H2,(H,20,21)(H,22,23)/t16-,17+/m0/s1. The largest absolute Gasteiger partial charge is 0.493 e. The lowest BCUT2D eigenvalue weighted by molar-refractivity contribution is -0.150. The molecule has 2 aliphatic rings. The van der Waals surface area contributed by atoms with Crippen LogP contribution in [0.3, 0.4) is 0 Å². The van der Waals surface area contributed by atoms with E-state index >= 15 is 0 Å². The van der Waals surface area contributed by atoms with Crippen LogP contribution < -0.4 is 10.1 Å². The van der Waals surface area contributed by atoms with E-state index in [0.717, 1.165) is 12.4 Å². The molecule has 1 heterocycles. The van der Waals surface area contributed by atoms with Gasteiger partial charge in [-0.25, -0.2) is 4.79 Å². The smallest absolute Gasteiger partial charge is 0.332 e. The number of carbonyl (C=O) groups excluding carboxylic acids is 1. The van der Waals surface area contributed by atoms with E-state index in [1.54, 1.807) is 12.1 Å². The molecule has 2 atom stereocenters. The van der Waals surface area contributed by atoms with Gasteiger partial charge in [-0.3, -0.25) is 4.79 Å². The van der Waals surface area contributed by atoms with Crippen molar-refractivity contribution >= 4 is 17.6 Å². The summed E-state index contributed by atoms with van der Waals surface area (Å²) in [5, 5.41) is 11.7. The molecule has 1 saturated carbocycles. The van der Waals surface area contributed by atoms with Crippen molar-refractivity contribution in [1.29, 1.82) is 0 Å². The SMILES string of the molecule is O=C(Nc1ccc(OCC2CCCCC2)cc1)[C@@H]1CC[C@H](C(=O)O)O1. The molecule has 0 bridgehead atoms. The van der Waals surface area contributed by atoms with Crippen molar-refractivity contribution in [2.24, 2.45) is 5.92 Å². The Bertz CT molecular complexity index is 594. The number of aliphatic carboxylic acids is 1. The summed E-state index contributed by atoms with van der Waals surface area (Å²) < 4.78 is 11.1. The molecule has 25 heavy (non-hydrogen) atoms. The van der Waals surface area contributed by atoms with Gasteiger partial charge in [-0.2, -0.15) is 0 Å². The van der Waals surface area contributed by atoms with Gasteiger partial charge in [0.2, 0.25) is 0 Å². The minimum atomic E-state index is -1.02. The number of carboxylic acids is 1. The van der Waals surface area contributed by atoms with Gasteiger partial charge in [0.1, 0.15) is 11.9 Å². The average Bonchev–Trinajstić information content (AvgIpc) is 3.13. The average molecular weight is 347 g/mol. The van der Waals surface area contributed by atoms with Gasteiger partial charge in [-0.1, -0.05) is 19.3 Å². The summed E-state index contributed by atoms with van der Waals surface area (Å²) in [5.41, 5.74) is 0.650. The van der Waals surface area contributed by atoms with Gasteiger partial charge in [-0.05, 0) is 55.9 Å². The topological polar surface area (TPSA) is 84.9 Å². The number of anilines is 1. The van der Waals surface area contributed by atoms with Crippen LogP contribution in [0.2, 0.25) is 0 Å². The Morgan fingerprint density at radius 1 is 1.04 bits per heavy atom. The predicted molar refractivity (Wildman–Crippen MR) is 92.7 cm³/mol. The van der Waals surface area contributed by atoms with E-state index in [9.17, 15) is 9.59 Å². The Labute approximate surface area is 147 Å². The fraction of sp³-hybridized carbons (Fsp3) is 0.579. The van der Waals surface area contributed by atoms with E-state index < -0.39 is 18.2 Å². The highest BCUT2D eigenvalue weighted by Gasteiger charge is 2.34. The molecule has 136 valence electrons. The minimum absolute atomic E-state index is 0.306. The summed E-state index contributed by atoms with van der Waals surface area (Å²) in [6.45, 7) is 0.748. The summed E-state index contributed by atoms with van der Waals surface area (Å²) in [6.07, 6.45) is 5.61. The molecule has 0 aromatic heterocycles. The number of nitrogens with one attached hydrogen (secondary N) is 1. The summed E-state index contributed by atoms with van der Waals surface area (Å²) in [7, 11) is 0. The molecular formula is C19H25NO5. The van der Waals surface area contributed by atoms with Gasteiger partial charge in [0.25, 0.3) is 5.91 Å².